The number of halogens is 1. The molecule has 0 fully saturated rings. The zero-order valence-corrected chi connectivity index (χ0v) is 17.9. The van der Waals surface area contributed by atoms with Gasteiger partial charge in [-0.3, -0.25) is 9.98 Å². The molecule has 2 aromatic heterocycles. The molecule has 3 rings (SSSR count). The number of hydrogen-bond acceptors (Lipinski definition) is 7. The van der Waals surface area contributed by atoms with Gasteiger partial charge in [0.1, 0.15) is 11.3 Å². The van der Waals surface area contributed by atoms with Crippen LogP contribution in [0, 0.1) is 5.82 Å². The number of hydrogen-bond donors (Lipinski definition) is 3. The van der Waals surface area contributed by atoms with Gasteiger partial charge in [-0.25, -0.2) is 14.4 Å². The summed E-state index contributed by atoms with van der Waals surface area (Å²) >= 11 is 5.18. The second-order valence-electron chi connectivity index (χ2n) is 6.30. The number of ether oxygens (including phenoxy) is 1. The van der Waals surface area contributed by atoms with Crippen LogP contribution in [0.2, 0.25) is 0 Å². The van der Waals surface area contributed by atoms with Gasteiger partial charge in [-0.15, -0.1) is 0 Å². The lowest BCUT2D eigenvalue weighted by atomic mass is 10.2. The third kappa shape index (κ3) is 5.48. The van der Waals surface area contributed by atoms with Crippen molar-refractivity contribution < 1.29 is 9.13 Å². The number of anilines is 1. The van der Waals surface area contributed by atoms with Gasteiger partial charge in [0, 0.05) is 30.1 Å². The van der Waals surface area contributed by atoms with Gasteiger partial charge in [0.15, 0.2) is 22.3 Å². The summed E-state index contributed by atoms with van der Waals surface area (Å²) in [5.74, 6) is 0.280. The summed E-state index contributed by atoms with van der Waals surface area (Å²) in [5, 5.41) is 6.46. The largest absolute Gasteiger partial charge is 0.494 e. The van der Waals surface area contributed by atoms with E-state index in [0.717, 1.165) is 0 Å². The lowest BCUT2D eigenvalue weighted by Gasteiger charge is -2.08. The van der Waals surface area contributed by atoms with Gasteiger partial charge in [-0.05, 0) is 37.3 Å². The monoisotopic (exact) mass is 439 g/mol. The lowest BCUT2D eigenvalue weighted by molar-refractivity contribution is 0.384. The fourth-order valence-electron chi connectivity index (χ4n) is 2.70. The molecule has 8 nitrogen and oxygen atoms in total. The molecular formula is C21H22FN7OS. The molecule has 4 N–H and O–H groups in total. The second-order valence-corrected chi connectivity index (χ2v) is 6.71. The molecule has 1 aromatic carbocycles. The highest BCUT2D eigenvalue weighted by Crippen LogP contribution is 2.21. The van der Waals surface area contributed by atoms with Crippen LogP contribution >= 0.6 is 12.2 Å². The third-order valence-corrected chi connectivity index (χ3v) is 4.46. The average molecular weight is 440 g/mol. The van der Waals surface area contributed by atoms with Crippen LogP contribution in [-0.2, 0) is 6.54 Å². The van der Waals surface area contributed by atoms with Crippen LogP contribution in [0.15, 0.2) is 47.7 Å². The number of methoxy groups -OCH3 is 1. The van der Waals surface area contributed by atoms with E-state index in [4.69, 9.17) is 22.7 Å². The van der Waals surface area contributed by atoms with Crippen molar-refractivity contribution in [2.45, 2.75) is 13.5 Å². The summed E-state index contributed by atoms with van der Waals surface area (Å²) in [6.45, 7) is 2.77. The maximum absolute atomic E-state index is 14.3. The predicted molar refractivity (Wildman–Crippen MR) is 125 cm³/mol. The molecule has 2 heterocycles. The van der Waals surface area contributed by atoms with Gasteiger partial charge in [-0.1, -0.05) is 12.1 Å². The Labute approximate surface area is 184 Å². The van der Waals surface area contributed by atoms with Crippen molar-refractivity contribution in [1.29, 1.82) is 0 Å². The van der Waals surface area contributed by atoms with Crippen molar-refractivity contribution in [2.24, 2.45) is 10.7 Å². The van der Waals surface area contributed by atoms with Crippen molar-refractivity contribution in [1.82, 2.24) is 20.3 Å². The first kappa shape index (κ1) is 22.0. The Kier molecular flexibility index (Phi) is 7.39. The molecule has 0 aliphatic carbocycles. The second kappa shape index (κ2) is 10.4. The maximum Gasteiger partial charge on any atom is 0.180 e. The molecule has 0 amide bonds. The molecule has 0 aliphatic rings. The van der Waals surface area contributed by atoms with Gasteiger partial charge in [-0.2, -0.15) is 0 Å². The summed E-state index contributed by atoms with van der Waals surface area (Å²) < 4.78 is 19.3. The Balaban J connectivity index is 1.80. The molecule has 160 valence electrons. The zero-order chi connectivity index (χ0) is 22.2. The quantitative estimate of drug-likeness (QED) is 0.381. The summed E-state index contributed by atoms with van der Waals surface area (Å²) in [6, 6.07) is 8.47. The maximum atomic E-state index is 14.3. The van der Waals surface area contributed by atoms with Crippen molar-refractivity contribution in [3.05, 3.63) is 59.8 Å². The molecular weight excluding hydrogens is 417 g/mol. The van der Waals surface area contributed by atoms with Gasteiger partial charge in [0.05, 0.1) is 25.5 Å². The Hall–Kier alpha value is -3.66. The van der Waals surface area contributed by atoms with E-state index in [0.29, 0.717) is 45.5 Å². The van der Waals surface area contributed by atoms with E-state index < -0.39 is 5.82 Å². The van der Waals surface area contributed by atoms with Crippen molar-refractivity contribution in [3.8, 4) is 5.75 Å². The van der Waals surface area contributed by atoms with Crippen LogP contribution in [0.25, 0.3) is 16.7 Å². The summed E-state index contributed by atoms with van der Waals surface area (Å²) in [5.41, 5.74) is 8.23. The number of thiocarbonyl (C=S) groups is 1. The molecule has 0 saturated heterocycles. The van der Waals surface area contributed by atoms with Crippen LogP contribution < -0.4 is 21.1 Å². The van der Waals surface area contributed by atoms with Crippen molar-refractivity contribution in [3.63, 3.8) is 0 Å². The molecule has 0 radical (unpaired) electrons. The zero-order valence-electron chi connectivity index (χ0n) is 17.1. The minimum Gasteiger partial charge on any atom is -0.494 e. The van der Waals surface area contributed by atoms with E-state index in [1.165, 1.54) is 19.5 Å². The molecule has 3 aromatic rings. The highest BCUT2D eigenvalue weighted by Gasteiger charge is 2.09. The Morgan fingerprint density at radius 3 is 2.87 bits per heavy atom. The van der Waals surface area contributed by atoms with E-state index in [1.807, 2.05) is 6.92 Å². The van der Waals surface area contributed by atoms with E-state index >= 15 is 0 Å². The number of nitrogens with two attached hydrogens (primary N) is 1. The lowest BCUT2D eigenvalue weighted by Crippen LogP contribution is -2.28. The van der Waals surface area contributed by atoms with E-state index in [9.17, 15) is 4.39 Å². The van der Waals surface area contributed by atoms with Crippen LogP contribution in [-0.4, -0.2) is 39.9 Å². The Morgan fingerprint density at radius 1 is 1.29 bits per heavy atom. The van der Waals surface area contributed by atoms with Crippen LogP contribution in [0.5, 0.6) is 5.75 Å². The molecule has 10 heteroatoms. The number of nitrogens with zero attached hydrogens (tertiary/aromatic N) is 4. The number of allylic oxidation sites excluding steroid dienone is 1. The SMILES string of the molecule is CCNC(=S)Nc1ccc2ncc(C(C=NCc3cccc(OC)c3F)=CN)nc2n1. The molecule has 31 heavy (non-hydrogen) atoms. The standard InChI is InChI=1S/C21H22FN7OS/c1-3-25-21(31)29-18-8-7-15-20(28-18)27-16(12-26-15)14(9-23)11-24-10-13-5-4-6-17(30-2)19(13)22/h4-9,11-12H,3,10,23H2,1-2H3,(H2,25,27,28,29,31). The van der Waals surface area contributed by atoms with Gasteiger partial charge < -0.3 is 21.1 Å². The van der Waals surface area contributed by atoms with Crippen LogP contribution in [0.4, 0.5) is 10.2 Å². The van der Waals surface area contributed by atoms with Gasteiger partial charge in [0.25, 0.3) is 0 Å². The van der Waals surface area contributed by atoms with Crippen LogP contribution in [0.3, 0.4) is 0 Å². The number of fused-ring (bicyclic) bond motifs is 1. The van der Waals surface area contributed by atoms with E-state index in [1.54, 1.807) is 36.5 Å². The molecule has 0 atom stereocenters. The fraction of sp³-hybridized carbons (Fsp3) is 0.190. The molecule has 0 saturated carbocycles. The van der Waals surface area contributed by atoms with Crippen molar-refractivity contribution in [2.75, 3.05) is 19.0 Å². The molecule has 0 unspecified atom stereocenters. The summed E-state index contributed by atoms with van der Waals surface area (Å²) in [4.78, 5) is 17.6. The van der Waals surface area contributed by atoms with Crippen LogP contribution in [0.1, 0.15) is 18.2 Å². The smallest absolute Gasteiger partial charge is 0.180 e. The first-order valence-corrected chi connectivity index (χ1v) is 9.88. The highest BCUT2D eigenvalue weighted by atomic mass is 32.1. The minimum absolute atomic E-state index is 0.121. The number of nitrogens with one attached hydrogen (secondary N) is 2. The minimum atomic E-state index is -0.439. The topological polar surface area (TPSA) is 110 Å². The highest BCUT2D eigenvalue weighted by molar-refractivity contribution is 7.80. The Bertz CT molecular complexity index is 1150. The molecule has 0 aliphatic heterocycles. The Morgan fingerprint density at radius 2 is 2.13 bits per heavy atom. The number of aliphatic imine (C=N–C) groups is 1. The van der Waals surface area contributed by atoms with E-state index in [-0.39, 0.29) is 12.3 Å². The summed E-state index contributed by atoms with van der Waals surface area (Å²) in [6.07, 6.45) is 4.47. The fourth-order valence-corrected chi connectivity index (χ4v) is 2.95. The first-order chi connectivity index (χ1) is 15.0. The normalized spacial score (nSPS) is 11.6. The van der Waals surface area contributed by atoms with Crippen molar-refractivity contribution >= 4 is 46.1 Å². The first-order valence-electron chi connectivity index (χ1n) is 9.47. The van der Waals surface area contributed by atoms with Gasteiger partial charge in [0.2, 0.25) is 0 Å². The van der Waals surface area contributed by atoms with E-state index in [2.05, 4.69) is 30.6 Å². The predicted octanol–water partition coefficient (Wildman–Crippen LogP) is 3.05. The number of rotatable bonds is 7. The number of aromatic nitrogens is 3. The average Bonchev–Trinajstić information content (AvgIpc) is 2.77. The summed E-state index contributed by atoms with van der Waals surface area (Å²) in [7, 11) is 1.42. The molecule has 0 bridgehead atoms. The molecule has 0 spiro atoms. The van der Waals surface area contributed by atoms with Gasteiger partial charge >= 0.3 is 0 Å². The number of benzene rings is 1. The third-order valence-electron chi connectivity index (χ3n) is 4.22. The number of pyridine rings is 1.